The fourth-order valence-corrected chi connectivity index (χ4v) is 3.58. The van der Waals surface area contributed by atoms with Crippen LogP contribution in [0.4, 0.5) is 11.8 Å². The second-order valence-corrected chi connectivity index (χ2v) is 7.66. The van der Waals surface area contributed by atoms with E-state index in [2.05, 4.69) is 20.6 Å². The van der Waals surface area contributed by atoms with E-state index in [9.17, 15) is 15.0 Å². The van der Waals surface area contributed by atoms with Gasteiger partial charge in [0, 0.05) is 23.0 Å². The second-order valence-electron chi connectivity index (χ2n) is 7.66. The number of carboxylic acid groups (broad SMARTS) is 1. The van der Waals surface area contributed by atoms with Gasteiger partial charge in [0.15, 0.2) is 5.82 Å². The van der Waals surface area contributed by atoms with Gasteiger partial charge in [-0.3, -0.25) is 0 Å². The molecule has 0 spiro atoms. The summed E-state index contributed by atoms with van der Waals surface area (Å²) in [6.07, 6.45) is 3.84. The van der Waals surface area contributed by atoms with Crippen molar-refractivity contribution in [1.82, 2.24) is 15.0 Å². The highest BCUT2D eigenvalue weighted by atomic mass is 16.4. The van der Waals surface area contributed by atoms with Gasteiger partial charge in [-0.15, -0.1) is 0 Å². The van der Waals surface area contributed by atoms with Gasteiger partial charge in [0.25, 0.3) is 0 Å². The van der Waals surface area contributed by atoms with E-state index in [-0.39, 0.29) is 18.2 Å². The first-order valence-electron chi connectivity index (χ1n) is 10.1. The molecule has 1 unspecified atom stereocenters. The molecule has 0 bridgehead atoms. The van der Waals surface area contributed by atoms with Crippen LogP contribution in [0.2, 0.25) is 0 Å². The molecule has 1 saturated carbocycles. The van der Waals surface area contributed by atoms with Crippen LogP contribution in [0.15, 0.2) is 54.7 Å². The van der Waals surface area contributed by atoms with Crippen molar-refractivity contribution in [2.75, 3.05) is 17.2 Å². The van der Waals surface area contributed by atoms with Crippen molar-refractivity contribution in [3.05, 3.63) is 65.9 Å². The van der Waals surface area contributed by atoms with Crippen LogP contribution < -0.4 is 10.6 Å². The molecular formula is C23H21N5O3. The number of anilines is 2. The molecule has 5 rings (SSSR count). The maximum atomic E-state index is 11.4. The lowest BCUT2D eigenvalue weighted by molar-refractivity contribution is 0.0697. The highest BCUT2D eigenvalue weighted by Crippen LogP contribution is 2.32. The summed E-state index contributed by atoms with van der Waals surface area (Å²) in [6.45, 7) is -0.105. The van der Waals surface area contributed by atoms with Crippen molar-refractivity contribution in [3.63, 3.8) is 0 Å². The van der Waals surface area contributed by atoms with E-state index in [0.29, 0.717) is 28.8 Å². The lowest BCUT2D eigenvalue weighted by atomic mass is 10.1. The van der Waals surface area contributed by atoms with E-state index in [1.807, 2.05) is 30.3 Å². The minimum absolute atomic E-state index is 0.105. The summed E-state index contributed by atoms with van der Waals surface area (Å²) in [7, 11) is 0. The van der Waals surface area contributed by atoms with E-state index >= 15 is 0 Å². The molecule has 2 heterocycles. The van der Waals surface area contributed by atoms with E-state index in [1.54, 1.807) is 24.4 Å². The number of pyridine rings is 1. The lowest BCUT2D eigenvalue weighted by Crippen LogP contribution is -2.16. The van der Waals surface area contributed by atoms with Gasteiger partial charge in [-0.1, -0.05) is 36.4 Å². The Bertz CT molecular complexity index is 1270. The maximum Gasteiger partial charge on any atom is 0.335 e. The summed E-state index contributed by atoms with van der Waals surface area (Å²) in [5.74, 6) is 0.00283. The zero-order chi connectivity index (χ0) is 21.4. The van der Waals surface area contributed by atoms with Crippen LogP contribution >= 0.6 is 0 Å². The highest BCUT2D eigenvalue weighted by molar-refractivity contribution is 6.09. The molecule has 0 radical (unpaired) electrons. The minimum Gasteiger partial charge on any atom is -0.478 e. The van der Waals surface area contributed by atoms with Crippen molar-refractivity contribution in [2.24, 2.45) is 0 Å². The zero-order valence-electron chi connectivity index (χ0n) is 16.6. The molecule has 2 aromatic heterocycles. The Balaban J connectivity index is 1.60. The molecule has 0 saturated heterocycles. The predicted molar refractivity (Wildman–Crippen MR) is 118 cm³/mol. The molecule has 156 valence electrons. The zero-order valence-corrected chi connectivity index (χ0v) is 16.6. The molecule has 0 amide bonds. The molecule has 31 heavy (non-hydrogen) atoms. The number of aromatic nitrogens is 3. The Hall–Kier alpha value is -3.78. The van der Waals surface area contributed by atoms with Gasteiger partial charge in [0.1, 0.15) is 5.52 Å². The molecule has 2 aromatic carbocycles. The van der Waals surface area contributed by atoms with Gasteiger partial charge in [-0.2, -0.15) is 0 Å². The van der Waals surface area contributed by atoms with Crippen molar-refractivity contribution >= 4 is 39.5 Å². The van der Waals surface area contributed by atoms with Gasteiger partial charge in [-0.05, 0) is 30.5 Å². The standard InChI is InChI=1S/C23H21N5O3/c29-12-19(13-4-2-1-3-5-13)27-23-24-11-17-16-9-6-14(22(30)31)10-18(16)26-21(20(17)28-23)25-15-7-8-15/h1-6,9-11,15,19,29H,7-8,12H2,(H,25,26)(H,30,31)(H,24,27,28). The maximum absolute atomic E-state index is 11.4. The topological polar surface area (TPSA) is 120 Å². The van der Waals surface area contributed by atoms with Gasteiger partial charge in [0.2, 0.25) is 5.95 Å². The third-order valence-electron chi connectivity index (χ3n) is 5.39. The summed E-state index contributed by atoms with van der Waals surface area (Å²) in [5, 5.41) is 27.4. The first kappa shape index (κ1) is 19.2. The molecule has 1 fully saturated rings. The summed E-state index contributed by atoms with van der Waals surface area (Å²) >= 11 is 0. The fraction of sp³-hybridized carbons (Fsp3) is 0.217. The molecule has 4 aromatic rings. The predicted octanol–water partition coefficient (Wildman–Crippen LogP) is 3.60. The van der Waals surface area contributed by atoms with E-state index in [4.69, 9.17) is 4.98 Å². The molecule has 4 N–H and O–H groups in total. The van der Waals surface area contributed by atoms with Crippen molar-refractivity contribution in [2.45, 2.75) is 24.9 Å². The van der Waals surface area contributed by atoms with Gasteiger partial charge in [-0.25, -0.2) is 19.7 Å². The number of aliphatic hydroxyl groups is 1. The first-order valence-corrected chi connectivity index (χ1v) is 10.1. The van der Waals surface area contributed by atoms with E-state index in [0.717, 1.165) is 29.2 Å². The molecule has 1 atom stereocenters. The van der Waals surface area contributed by atoms with Crippen LogP contribution in [-0.4, -0.2) is 43.8 Å². The van der Waals surface area contributed by atoms with Gasteiger partial charge < -0.3 is 20.8 Å². The molecule has 1 aliphatic rings. The van der Waals surface area contributed by atoms with Gasteiger partial charge in [0.05, 0.1) is 23.7 Å². The van der Waals surface area contributed by atoms with Crippen LogP contribution in [-0.2, 0) is 0 Å². The Morgan fingerprint density at radius 2 is 1.90 bits per heavy atom. The summed E-state index contributed by atoms with van der Waals surface area (Å²) < 4.78 is 0. The second kappa shape index (κ2) is 7.81. The largest absolute Gasteiger partial charge is 0.478 e. The number of aromatic carboxylic acids is 1. The third kappa shape index (κ3) is 3.85. The Labute approximate surface area is 178 Å². The average Bonchev–Trinajstić information content (AvgIpc) is 3.61. The smallest absolute Gasteiger partial charge is 0.335 e. The number of aliphatic hydroxyl groups excluding tert-OH is 1. The SMILES string of the molecule is O=C(O)c1ccc2c(c1)nc(NC1CC1)c1nc(NC(CO)c3ccccc3)ncc12. The number of carboxylic acids is 1. The number of rotatable bonds is 7. The Morgan fingerprint density at radius 1 is 1.10 bits per heavy atom. The number of benzene rings is 2. The van der Waals surface area contributed by atoms with E-state index in [1.165, 1.54) is 0 Å². The molecular weight excluding hydrogens is 394 g/mol. The Kier molecular flexibility index (Phi) is 4.83. The average molecular weight is 415 g/mol. The molecule has 8 nitrogen and oxygen atoms in total. The summed E-state index contributed by atoms with van der Waals surface area (Å²) in [6, 6.07) is 14.5. The van der Waals surface area contributed by atoms with Crippen molar-refractivity contribution in [1.29, 1.82) is 0 Å². The normalized spacial score (nSPS) is 14.5. The molecule has 1 aliphatic carbocycles. The fourth-order valence-electron chi connectivity index (χ4n) is 3.58. The Morgan fingerprint density at radius 3 is 2.61 bits per heavy atom. The quantitative estimate of drug-likeness (QED) is 0.338. The van der Waals surface area contributed by atoms with Crippen LogP contribution in [0.3, 0.4) is 0 Å². The highest BCUT2D eigenvalue weighted by Gasteiger charge is 2.24. The monoisotopic (exact) mass is 415 g/mol. The first-order chi connectivity index (χ1) is 15.1. The van der Waals surface area contributed by atoms with Gasteiger partial charge >= 0.3 is 5.97 Å². The molecule has 8 heteroatoms. The molecule has 0 aliphatic heterocycles. The van der Waals surface area contributed by atoms with Crippen LogP contribution in [0.25, 0.3) is 21.8 Å². The lowest BCUT2D eigenvalue weighted by Gasteiger charge is -2.17. The number of carbonyl (C=O) groups is 1. The minimum atomic E-state index is -0.993. The van der Waals surface area contributed by atoms with Crippen LogP contribution in [0, 0.1) is 0 Å². The number of nitrogens with zero attached hydrogens (tertiary/aromatic N) is 3. The number of hydrogen-bond acceptors (Lipinski definition) is 7. The third-order valence-corrected chi connectivity index (χ3v) is 5.39. The summed E-state index contributed by atoms with van der Waals surface area (Å²) in [5.41, 5.74) is 2.36. The van der Waals surface area contributed by atoms with E-state index < -0.39 is 5.97 Å². The number of nitrogens with one attached hydrogen (secondary N) is 2. The van der Waals surface area contributed by atoms with Crippen LogP contribution in [0.5, 0.6) is 0 Å². The summed E-state index contributed by atoms with van der Waals surface area (Å²) in [4.78, 5) is 25.2. The van der Waals surface area contributed by atoms with Crippen molar-refractivity contribution < 1.29 is 15.0 Å². The number of fused-ring (bicyclic) bond motifs is 3. The van der Waals surface area contributed by atoms with Crippen LogP contribution in [0.1, 0.15) is 34.8 Å². The van der Waals surface area contributed by atoms with Crippen molar-refractivity contribution in [3.8, 4) is 0 Å². The number of hydrogen-bond donors (Lipinski definition) is 4.